The molecular formula is C27H29N2O5S-. The Balaban J connectivity index is 1.74. The smallest absolute Gasteiger partial charge is 0.310 e. The average Bonchev–Trinajstić information content (AvgIpc) is 3.19. The number of fused-ring (bicyclic) bond motifs is 6. The van der Waals surface area contributed by atoms with E-state index < -0.39 is 34.0 Å². The van der Waals surface area contributed by atoms with E-state index in [4.69, 9.17) is 9.73 Å². The van der Waals surface area contributed by atoms with Gasteiger partial charge < -0.3 is 9.84 Å². The molecule has 184 valence electrons. The van der Waals surface area contributed by atoms with Gasteiger partial charge in [0.2, 0.25) is 10.0 Å². The van der Waals surface area contributed by atoms with Crippen LogP contribution in [-0.2, 0) is 25.0 Å². The third-order valence-corrected chi connectivity index (χ3v) is 9.79. The van der Waals surface area contributed by atoms with Gasteiger partial charge in [-0.15, -0.1) is 6.61 Å². The molecule has 2 aromatic rings. The molecule has 1 saturated carbocycles. The Kier molecular flexibility index (Phi) is 5.94. The van der Waals surface area contributed by atoms with Crippen LogP contribution in [0.25, 0.3) is 0 Å². The lowest BCUT2D eigenvalue weighted by Gasteiger charge is -2.55. The van der Waals surface area contributed by atoms with Crippen molar-refractivity contribution in [3.8, 4) is 0 Å². The Morgan fingerprint density at radius 3 is 2.60 bits per heavy atom. The zero-order valence-corrected chi connectivity index (χ0v) is 20.9. The Morgan fingerprint density at radius 2 is 1.94 bits per heavy atom. The number of para-hydroxylation sites is 1. The van der Waals surface area contributed by atoms with Crippen LogP contribution in [0.5, 0.6) is 0 Å². The van der Waals surface area contributed by atoms with Gasteiger partial charge in [0.1, 0.15) is 0 Å². The van der Waals surface area contributed by atoms with Crippen LogP contribution in [0.3, 0.4) is 0 Å². The minimum Gasteiger partial charge on any atom is -0.854 e. The molecular weight excluding hydrogens is 464 g/mol. The summed E-state index contributed by atoms with van der Waals surface area (Å²) in [4.78, 5) is 18.5. The van der Waals surface area contributed by atoms with Crippen molar-refractivity contribution in [2.24, 2.45) is 16.8 Å². The maximum absolute atomic E-state index is 13.9. The average molecular weight is 494 g/mol. The van der Waals surface area contributed by atoms with Gasteiger partial charge in [-0.2, -0.15) is 4.31 Å². The monoisotopic (exact) mass is 493 g/mol. The maximum atomic E-state index is 13.9. The number of allylic oxidation sites excluding steroid dienone is 1. The molecule has 0 aromatic heterocycles. The molecule has 2 bridgehead atoms. The van der Waals surface area contributed by atoms with Crippen LogP contribution in [0, 0.1) is 18.8 Å². The minimum absolute atomic E-state index is 0.144. The molecule has 0 amide bonds. The normalized spacial score (nSPS) is 28.9. The molecule has 4 atom stereocenters. The molecule has 2 aromatic carbocycles. The zero-order valence-electron chi connectivity index (χ0n) is 20.1. The molecule has 5 rings (SSSR count). The number of ether oxygens (including phenoxy) is 1. The van der Waals surface area contributed by atoms with Gasteiger partial charge in [0.15, 0.2) is 0 Å². The number of hydrogen-bond donors (Lipinski definition) is 0. The van der Waals surface area contributed by atoms with E-state index in [1.165, 1.54) is 11.4 Å². The van der Waals surface area contributed by atoms with E-state index in [-0.39, 0.29) is 29.7 Å². The number of aliphatic imine (C=N–C) groups is 1. The molecule has 35 heavy (non-hydrogen) atoms. The number of carbonyl (C=O) groups is 1. The number of hydrogen-bond acceptors (Lipinski definition) is 6. The summed E-state index contributed by atoms with van der Waals surface area (Å²) in [6.07, 6.45) is 2.46. The van der Waals surface area contributed by atoms with Crippen LogP contribution >= 0.6 is 0 Å². The molecule has 1 aliphatic carbocycles. The number of rotatable bonds is 5. The first-order valence-corrected chi connectivity index (χ1v) is 13.3. The standard InChI is InChI=1S/C27H29N2O5S/c1-4-18-16-29(35(32,33)19-11-9-17(2)10-12-19)23-15-20(18)24(26(31)34-3)27(13-14-30)21-7-5-6-8-22(21)28-25(23)27/h4-12,20,23-24H,13-16H2,1-3H3/q-1/b18-4-/t20-,23-,24-,27-/m0/s1. The molecule has 2 fully saturated rings. The summed E-state index contributed by atoms with van der Waals surface area (Å²) in [5.41, 5.74) is 2.91. The SMILES string of the molecule is C/C=C1/CN(S(=O)(=O)c2ccc(C)cc2)[C@H]2C[C@@H]1[C@@H](C(=O)OC)[C@@]1(CC[O-])C2=Nc2ccccc21. The van der Waals surface area contributed by atoms with Crippen molar-refractivity contribution in [3.05, 3.63) is 71.3 Å². The van der Waals surface area contributed by atoms with Gasteiger partial charge in [-0.1, -0.05) is 54.0 Å². The molecule has 7 nitrogen and oxygen atoms in total. The van der Waals surface area contributed by atoms with Crippen molar-refractivity contribution in [3.63, 3.8) is 0 Å². The number of benzene rings is 2. The number of aryl methyl sites for hydroxylation is 1. The zero-order chi connectivity index (χ0) is 25.0. The second-order valence-corrected chi connectivity index (χ2v) is 11.4. The third kappa shape index (κ3) is 3.42. The van der Waals surface area contributed by atoms with Crippen molar-refractivity contribution in [1.29, 1.82) is 0 Å². The highest BCUT2D eigenvalue weighted by atomic mass is 32.2. The minimum atomic E-state index is -3.87. The van der Waals surface area contributed by atoms with Crippen molar-refractivity contribution < 1.29 is 23.1 Å². The molecule has 1 saturated heterocycles. The summed E-state index contributed by atoms with van der Waals surface area (Å²) >= 11 is 0. The number of piperidine rings is 1. The number of methoxy groups -OCH3 is 1. The Morgan fingerprint density at radius 1 is 1.23 bits per heavy atom. The summed E-state index contributed by atoms with van der Waals surface area (Å²) in [5, 5.41) is 12.3. The Hall–Kier alpha value is -2.81. The first kappa shape index (κ1) is 23.9. The van der Waals surface area contributed by atoms with Crippen LogP contribution in [0.1, 0.15) is 30.9 Å². The number of esters is 1. The van der Waals surface area contributed by atoms with Crippen molar-refractivity contribution in [1.82, 2.24) is 4.31 Å². The van der Waals surface area contributed by atoms with Crippen molar-refractivity contribution in [2.45, 2.75) is 43.0 Å². The maximum Gasteiger partial charge on any atom is 0.310 e. The summed E-state index contributed by atoms with van der Waals surface area (Å²) in [7, 11) is -2.50. The van der Waals surface area contributed by atoms with Gasteiger partial charge in [0, 0.05) is 17.7 Å². The van der Waals surface area contributed by atoms with E-state index in [1.807, 2.05) is 44.2 Å². The fourth-order valence-electron chi connectivity index (χ4n) is 6.35. The van der Waals surface area contributed by atoms with Crippen LogP contribution in [0.4, 0.5) is 5.69 Å². The molecule has 2 heterocycles. The second kappa shape index (κ2) is 8.69. The van der Waals surface area contributed by atoms with E-state index in [0.29, 0.717) is 17.8 Å². The van der Waals surface area contributed by atoms with Crippen molar-refractivity contribution in [2.75, 3.05) is 20.3 Å². The predicted octanol–water partition coefficient (Wildman–Crippen LogP) is 2.90. The van der Waals surface area contributed by atoms with Crippen LogP contribution in [0.2, 0.25) is 0 Å². The Labute approximate surface area is 206 Å². The van der Waals surface area contributed by atoms with Gasteiger partial charge >= 0.3 is 5.97 Å². The lowest BCUT2D eigenvalue weighted by atomic mass is 9.53. The summed E-state index contributed by atoms with van der Waals surface area (Å²) in [5.74, 6) is -1.28. The molecule has 8 heteroatoms. The van der Waals surface area contributed by atoms with E-state index in [9.17, 15) is 18.3 Å². The highest BCUT2D eigenvalue weighted by Crippen LogP contribution is 2.58. The van der Waals surface area contributed by atoms with E-state index in [1.54, 1.807) is 24.3 Å². The fraction of sp³-hybridized carbons (Fsp3) is 0.407. The topological polar surface area (TPSA) is 99.1 Å². The summed E-state index contributed by atoms with van der Waals surface area (Å²) < 4.78 is 34.7. The quantitative estimate of drug-likeness (QED) is 0.471. The highest BCUT2D eigenvalue weighted by molar-refractivity contribution is 7.89. The van der Waals surface area contributed by atoms with Gasteiger partial charge in [0.25, 0.3) is 0 Å². The first-order chi connectivity index (χ1) is 16.8. The Bertz CT molecular complexity index is 1330. The van der Waals surface area contributed by atoms with Crippen LogP contribution in [0.15, 0.2) is 70.1 Å². The van der Waals surface area contributed by atoms with Gasteiger partial charge in [-0.05, 0) is 49.9 Å². The third-order valence-electron chi connectivity index (χ3n) is 7.92. The lowest BCUT2D eigenvalue weighted by molar-refractivity contribution is -0.370. The highest BCUT2D eigenvalue weighted by Gasteiger charge is 2.63. The van der Waals surface area contributed by atoms with E-state index >= 15 is 0 Å². The first-order valence-electron chi connectivity index (χ1n) is 11.9. The van der Waals surface area contributed by atoms with E-state index in [0.717, 1.165) is 16.7 Å². The number of sulfonamides is 1. The number of nitrogens with zero attached hydrogens (tertiary/aromatic N) is 2. The molecule has 3 aliphatic rings. The second-order valence-electron chi connectivity index (χ2n) is 9.53. The fourth-order valence-corrected chi connectivity index (χ4v) is 7.94. The molecule has 0 unspecified atom stereocenters. The van der Waals surface area contributed by atoms with Crippen LogP contribution < -0.4 is 5.11 Å². The van der Waals surface area contributed by atoms with Crippen LogP contribution in [-0.4, -0.2) is 50.7 Å². The molecule has 0 spiro atoms. The number of carbonyl (C=O) groups excluding carboxylic acids is 1. The predicted molar refractivity (Wildman–Crippen MR) is 131 cm³/mol. The van der Waals surface area contributed by atoms with E-state index in [2.05, 4.69) is 0 Å². The molecule has 0 radical (unpaired) electrons. The largest absolute Gasteiger partial charge is 0.854 e. The summed E-state index contributed by atoms with van der Waals surface area (Å²) in [6.45, 7) is 3.53. The van der Waals surface area contributed by atoms with Gasteiger partial charge in [-0.3, -0.25) is 9.79 Å². The molecule has 2 aliphatic heterocycles. The van der Waals surface area contributed by atoms with Crippen molar-refractivity contribution >= 4 is 27.4 Å². The van der Waals surface area contributed by atoms with Gasteiger partial charge in [-0.25, -0.2) is 8.42 Å². The van der Waals surface area contributed by atoms with Gasteiger partial charge in [0.05, 0.1) is 29.7 Å². The molecule has 0 N–H and O–H groups in total. The summed E-state index contributed by atoms with van der Waals surface area (Å²) in [6, 6.07) is 13.8. The lowest BCUT2D eigenvalue weighted by Crippen LogP contribution is -2.65.